The maximum Gasteiger partial charge on any atom is 0.265 e. The van der Waals surface area contributed by atoms with E-state index in [2.05, 4.69) is 16.7 Å². The fourth-order valence-electron chi connectivity index (χ4n) is 1.33. The zero-order valence-corrected chi connectivity index (χ0v) is 9.93. The Morgan fingerprint density at radius 2 is 1.92 bits per heavy atom. The maximum atomic E-state index is 10.8. The second-order valence-electron chi connectivity index (χ2n) is 3.13. The van der Waals surface area contributed by atoms with E-state index in [1.165, 1.54) is 21.2 Å². The molecule has 1 saturated heterocycles. The van der Waals surface area contributed by atoms with Crippen LogP contribution < -0.4 is 4.72 Å². The van der Waals surface area contributed by atoms with Crippen molar-refractivity contribution in [1.82, 2.24) is 9.62 Å². The van der Waals surface area contributed by atoms with Crippen LogP contribution in [0.5, 0.6) is 0 Å². The highest BCUT2D eigenvalue weighted by Gasteiger charge is 2.19. The molecule has 0 amide bonds. The Morgan fingerprint density at radius 3 is 2.33 bits per heavy atom. The van der Waals surface area contributed by atoms with Crippen LogP contribution in [0.2, 0.25) is 0 Å². The number of piperidine rings is 1. The predicted octanol–water partition coefficient (Wildman–Crippen LogP) is 0.350. The van der Waals surface area contributed by atoms with Crippen LogP contribution in [0, 0.1) is 0 Å². The van der Waals surface area contributed by atoms with Crippen LogP contribution in [-0.2, 0) is 7.19 Å². The van der Waals surface area contributed by atoms with Gasteiger partial charge >= 0.3 is 0 Å². The number of halogens is 1. The molecule has 12 heavy (non-hydrogen) atoms. The molecule has 1 rings (SSSR count). The standard InChI is InChI=1S/C6H13IN2O2S/c1-9-4-2-6(3-5-9)8-12(7,10)11/h6,8H,2-5H2,1H3. The molecule has 0 unspecified atom stereocenters. The zero-order chi connectivity index (χ0) is 9.19. The first kappa shape index (κ1) is 10.7. The van der Waals surface area contributed by atoms with Gasteiger partial charge in [0.1, 0.15) is 0 Å². The van der Waals surface area contributed by atoms with Crippen molar-refractivity contribution in [3.05, 3.63) is 0 Å². The van der Waals surface area contributed by atoms with E-state index in [9.17, 15) is 8.42 Å². The molecule has 0 aromatic rings. The van der Waals surface area contributed by atoms with Gasteiger partial charge in [0.15, 0.2) is 0 Å². The van der Waals surface area contributed by atoms with E-state index >= 15 is 0 Å². The fraction of sp³-hybridized carbons (Fsp3) is 1.00. The summed E-state index contributed by atoms with van der Waals surface area (Å²) in [6, 6.07) is 0.142. The number of rotatable bonds is 2. The normalized spacial score (nSPS) is 22.8. The molecule has 0 spiro atoms. The summed E-state index contributed by atoms with van der Waals surface area (Å²) in [5, 5.41) is 0. The summed E-state index contributed by atoms with van der Waals surface area (Å²) in [4.78, 5) is 2.21. The second kappa shape index (κ2) is 4.21. The topological polar surface area (TPSA) is 49.4 Å². The van der Waals surface area contributed by atoms with E-state index in [1.54, 1.807) is 0 Å². The zero-order valence-electron chi connectivity index (χ0n) is 6.96. The molecule has 1 N–H and O–H groups in total. The van der Waals surface area contributed by atoms with Gasteiger partial charge < -0.3 is 4.90 Å². The number of hydrogen-bond acceptors (Lipinski definition) is 3. The molecular weight excluding hydrogens is 291 g/mol. The molecule has 0 aromatic heterocycles. The van der Waals surface area contributed by atoms with E-state index in [1.807, 2.05) is 0 Å². The smallest absolute Gasteiger partial charge is 0.265 e. The van der Waals surface area contributed by atoms with Crippen LogP contribution in [0.3, 0.4) is 0 Å². The van der Waals surface area contributed by atoms with Gasteiger partial charge in [0.2, 0.25) is 0 Å². The van der Waals surface area contributed by atoms with E-state index in [0.717, 1.165) is 25.9 Å². The summed E-state index contributed by atoms with van der Waals surface area (Å²) in [7, 11) is -0.989. The minimum absolute atomic E-state index is 0.142. The van der Waals surface area contributed by atoms with Gasteiger partial charge in [0, 0.05) is 6.04 Å². The molecule has 6 heteroatoms. The minimum atomic E-state index is -3.04. The highest BCUT2D eigenvalue weighted by Crippen LogP contribution is 2.10. The third-order valence-electron chi connectivity index (χ3n) is 2.03. The summed E-state index contributed by atoms with van der Waals surface area (Å²) in [6.07, 6.45) is 1.83. The Kier molecular flexibility index (Phi) is 3.74. The number of nitrogens with zero attached hydrogens (tertiary/aromatic N) is 1. The number of hydrogen-bond donors (Lipinski definition) is 1. The Morgan fingerprint density at radius 1 is 1.42 bits per heavy atom. The first-order chi connectivity index (χ1) is 5.47. The summed E-state index contributed by atoms with van der Waals surface area (Å²) < 4.78 is 24.3. The molecule has 1 aliphatic rings. The van der Waals surface area contributed by atoms with Crippen LogP contribution in [-0.4, -0.2) is 39.5 Å². The first-order valence-corrected chi connectivity index (χ1v) is 7.90. The van der Waals surface area contributed by atoms with E-state index < -0.39 is 7.19 Å². The molecule has 1 aliphatic heterocycles. The molecule has 0 aromatic carbocycles. The minimum Gasteiger partial charge on any atom is -0.306 e. The largest absolute Gasteiger partial charge is 0.306 e. The van der Waals surface area contributed by atoms with Crippen LogP contribution in [0.1, 0.15) is 12.8 Å². The highest BCUT2D eigenvalue weighted by molar-refractivity contribution is 14.2. The quantitative estimate of drug-likeness (QED) is 0.592. The average Bonchev–Trinajstić information content (AvgIpc) is 1.91. The molecule has 0 aliphatic carbocycles. The van der Waals surface area contributed by atoms with Crippen molar-refractivity contribution in [2.45, 2.75) is 18.9 Å². The summed E-state index contributed by atoms with van der Waals surface area (Å²) in [5.41, 5.74) is 0. The molecule has 72 valence electrons. The second-order valence-corrected chi connectivity index (χ2v) is 7.72. The summed E-state index contributed by atoms with van der Waals surface area (Å²) >= 11 is 1.43. The van der Waals surface area contributed by atoms with Gasteiger partial charge in [0.25, 0.3) is 7.19 Å². The maximum absolute atomic E-state index is 10.8. The van der Waals surface area contributed by atoms with Gasteiger partial charge in [-0.1, -0.05) is 0 Å². The van der Waals surface area contributed by atoms with E-state index in [4.69, 9.17) is 0 Å². The van der Waals surface area contributed by atoms with Crippen molar-refractivity contribution < 1.29 is 8.42 Å². The van der Waals surface area contributed by atoms with Crippen LogP contribution in [0.4, 0.5) is 0 Å². The predicted molar refractivity (Wildman–Crippen MR) is 56.6 cm³/mol. The van der Waals surface area contributed by atoms with E-state index in [-0.39, 0.29) is 6.04 Å². The lowest BCUT2D eigenvalue weighted by Crippen LogP contribution is -2.41. The van der Waals surface area contributed by atoms with E-state index in [0.29, 0.717) is 0 Å². The molecule has 1 fully saturated rings. The van der Waals surface area contributed by atoms with Gasteiger partial charge in [-0.3, -0.25) is 0 Å². The average molecular weight is 304 g/mol. The fourth-order valence-corrected chi connectivity index (χ4v) is 3.04. The van der Waals surface area contributed by atoms with Crippen molar-refractivity contribution in [3.8, 4) is 0 Å². The first-order valence-electron chi connectivity index (χ1n) is 3.88. The molecule has 0 bridgehead atoms. The van der Waals surface area contributed by atoms with Crippen molar-refractivity contribution in [3.63, 3.8) is 0 Å². The molecule has 1 heterocycles. The highest BCUT2D eigenvalue weighted by atomic mass is 127. The SMILES string of the molecule is CN1CCC(NS(=O)(=O)I)CC1. The number of nitrogens with one attached hydrogen (secondary N) is 1. The summed E-state index contributed by atoms with van der Waals surface area (Å²) in [5.74, 6) is 0. The van der Waals surface area contributed by atoms with Gasteiger partial charge in [-0.2, -0.15) is 0 Å². The molecule has 0 saturated carbocycles. The van der Waals surface area contributed by atoms with Crippen molar-refractivity contribution in [2.75, 3.05) is 20.1 Å². The Balaban J connectivity index is 2.36. The molecule has 4 nitrogen and oxygen atoms in total. The lowest BCUT2D eigenvalue weighted by molar-refractivity contribution is 0.248. The third kappa shape index (κ3) is 4.01. The lowest BCUT2D eigenvalue weighted by atomic mass is 10.1. The van der Waals surface area contributed by atoms with Gasteiger partial charge in [0.05, 0.1) is 21.2 Å². The Hall–Kier alpha value is 0.600. The third-order valence-corrected chi connectivity index (χ3v) is 3.40. The monoisotopic (exact) mass is 304 g/mol. The van der Waals surface area contributed by atoms with Crippen LogP contribution in [0.25, 0.3) is 0 Å². The molecular formula is C6H13IN2O2S. The summed E-state index contributed by atoms with van der Waals surface area (Å²) in [6.45, 7) is 1.95. The Labute approximate surface area is 85.3 Å². The van der Waals surface area contributed by atoms with Crippen LogP contribution in [0.15, 0.2) is 0 Å². The molecule has 0 atom stereocenters. The number of likely N-dealkylation sites (tertiary alicyclic amines) is 1. The lowest BCUT2D eigenvalue weighted by Gasteiger charge is -2.28. The molecule has 0 radical (unpaired) electrons. The van der Waals surface area contributed by atoms with Crippen LogP contribution >= 0.6 is 21.2 Å². The van der Waals surface area contributed by atoms with Gasteiger partial charge in [-0.25, -0.2) is 13.1 Å². The van der Waals surface area contributed by atoms with Crippen molar-refractivity contribution in [1.29, 1.82) is 0 Å². The van der Waals surface area contributed by atoms with Crippen molar-refractivity contribution in [2.24, 2.45) is 0 Å². The van der Waals surface area contributed by atoms with Gasteiger partial charge in [-0.05, 0) is 33.0 Å². The Bertz CT molecular complexity index is 234. The van der Waals surface area contributed by atoms with Crippen molar-refractivity contribution >= 4 is 28.4 Å². The van der Waals surface area contributed by atoms with Gasteiger partial charge in [-0.15, -0.1) is 0 Å².